The average Bonchev–Trinajstić information content (AvgIpc) is 3.38. The van der Waals surface area contributed by atoms with E-state index in [1.807, 2.05) is 32.9 Å². The molecule has 0 saturated carbocycles. The lowest BCUT2D eigenvalue weighted by molar-refractivity contribution is -0.150. The van der Waals surface area contributed by atoms with Crippen molar-refractivity contribution in [3.8, 4) is 22.8 Å². The van der Waals surface area contributed by atoms with E-state index in [1.54, 1.807) is 0 Å². The molecule has 37 heavy (non-hydrogen) atoms. The molecule has 6 nitrogen and oxygen atoms in total. The monoisotopic (exact) mass is 505 g/mol. The van der Waals surface area contributed by atoms with Crippen LogP contribution in [0.5, 0.6) is 0 Å². The second-order valence-electron chi connectivity index (χ2n) is 10.6. The normalized spacial score (nSPS) is 15.3. The number of benzene rings is 2. The molecule has 0 bridgehead atoms. The summed E-state index contributed by atoms with van der Waals surface area (Å²) in [5.41, 5.74) is 5.26. The Hall–Kier alpha value is -2.99. The SMILES string of the molecule is CC.CCCc1cc(-c2nc(-c3ccc(CN4CCC(C)(C(=O)O)CC4)cc3)no2)ccc1CC(C)C. The quantitative estimate of drug-likeness (QED) is 0.329. The Morgan fingerprint density at radius 3 is 2.30 bits per heavy atom. The minimum absolute atomic E-state index is 0.548. The summed E-state index contributed by atoms with van der Waals surface area (Å²) in [5.74, 6) is 1.07. The summed E-state index contributed by atoms with van der Waals surface area (Å²) in [6.07, 6.45) is 4.60. The van der Waals surface area contributed by atoms with Crippen molar-refractivity contribution in [1.29, 1.82) is 0 Å². The number of piperidine rings is 1. The Morgan fingerprint density at radius 2 is 1.70 bits per heavy atom. The van der Waals surface area contributed by atoms with E-state index >= 15 is 0 Å². The van der Waals surface area contributed by atoms with Crippen molar-refractivity contribution in [2.75, 3.05) is 13.1 Å². The number of aromatic nitrogens is 2. The van der Waals surface area contributed by atoms with E-state index in [1.165, 1.54) is 16.7 Å². The third kappa shape index (κ3) is 7.29. The number of carbonyl (C=O) groups is 1. The predicted octanol–water partition coefficient (Wildman–Crippen LogP) is 7.27. The van der Waals surface area contributed by atoms with E-state index in [2.05, 4.69) is 66.1 Å². The van der Waals surface area contributed by atoms with E-state index in [0.29, 0.717) is 30.5 Å². The average molecular weight is 506 g/mol. The third-order valence-corrected chi connectivity index (χ3v) is 7.12. The number of carboxylic acids is 1. The Bertz CT molecular complexity index is 1140. The van der Waals surface area contributed by atoms with Gasteiger partial charge in [-0.1, -0.05) is 76.5 Å². The number of carboxylic acid groups (broad SMARTS) is 1. The molecule has 1 aliphatic rings. The standard InChI is InChI=1S/C29H37N3O3.C2H6/c1-5-6-23-18-25(12-11-24(23)17-20(2)3)27-30-26(31-35-27)22-9-7-21(8-10-22)19-32-15-13-29(4,14-16-32)28(33)34;1-2/h7-12,18,20H,5-6,13-17,19H2,1-4H3,(H,33,34);1-2H3. The summed E-state index contributed by atoms with van der Waals surface area (Å²) >= 11 is 0. The second kappa shape index (κ2) is 13.0. The molecule has 0 amide bonds. The van der Waals surface area contributed by atoms with Gasteiger partial charge in [-0.3, -0.25) is 9.69 Å². The van der Waals surface area contributed by atoms with Crippen LogP contribution in [-0.4, -0.2) is 39.2 Å². The fraction of sp³-hybridized carbons (Fsp3) is 0.516. The number of nitrogens with zero attached hydrogens (tertiary/aromatic N) is 3. The van der Waals surface area contributed by atoms with Gasteiger partial charge in [0.1, 0.15) is 0 Å². The molecule has 3 aromatic rings. The van der Waals surface area contributed by atoms with Crippen LogP contribution in [0.2, 0.25) is 0 Å². The lowest BCUT2D eigenvalue weighted by atomic mass is 9.80. The van der Waals surface area contributed by atoms with Crippen LogP contribution in [0.1, 0.15) is 77.5 Å². The van der Waals surface area contributed by atoms with Gasteiger partial charge in [0.05, 0.1) is 5.41 Å². The van der Waals surface area contributed by atoms with Crippen molar-refractivity contribution in [3.63, 3.8) is 0 Å². The molecule has 4 rings (SSSR count). The Kier molecular flexibility index (Phi) is 10.0. The van der Waals surface area contributed by atoms with Gasteiger partial charge in [-0.25, -0.2) is 0 Å². The highest BCUT2D eigenvalue weighted by atomic mass is 16.5. The van der Waals surface area contributed by atoms with E-state index < -0.39 is 11.4 Å². The van der Waals surface area contributed by atoms with Crippen molar-refractivity contribution in [1.82, 2.24) is 15.0 Å². The predicted molar refractivity (Wildman–Crippen MR) is 149 cm³/mol. The van der Waals surface area contributed by atoms with Gasteiger partial charge in [0, 0.05) is 17.7 Å². The molecule has 1 aromatic heterocycles. The van der Waals surface area contributed by atoms with Gasteiger partial charge in [-0.05, 0) is 80.4 Å². The minimum Gasteiger partial charge on any atom is -0.481 e. The molecule has 0 atom stereocenters. The highest BCUT2D eigenvalue weighted by molar-refractivity contribution is 5.74. The molecular weight excluding hydrogens is 462 g/mol. The van der Waals surface area contributed by atoms with E-state index in [9.17, 15) is 9.90 Å². The zero-order valence-corrected chi connectivity index (χ0v) is 23.4. The Balaban J connectivity index is 0.00000186. The summed E-state index contributed by atoms with van der Waals surface area (Å²) < 4.78 is 5.63. The first-order valence-corrected chi connectivity index (χ1v) is 13.8. The van der Waals surface area contributed by atoms with Gasteiger partial charge >= 0.3 is 5.97 Å². The van der Waals surface area contributed by atoms with Crippen LogP contribution in [-0.2, 0) is 24.2 Å². The highest BCUT2D eigenvalue weighted by Crippen LogP contribution is 2.32. The maximum atomic E-state index is 11.5. The molecule has 2 aromatic carbocycles. The van der Waals surface area contributed by atoms with Gasteiger partial charge in [0.2, 0.25) is 5.82 Å². The molecule has 2 heterocycles. The minimum atomic E-state index is -0.686. The van der Waals surface area contributed by atoms with Crippen LogP contribution < -0.4 is 0 Å². The fourth-order valence-electron chi connectivity index (χ4n) is 4.79. The van der Waals surface area contributed by atoms with Gasteiger partial charge in [0.15, 0.2) is 0 Å². The number of aliphatic carboxylic acids is 1. The van der Waals surface area contributed by atoms with Gasteiger partial charge in [-0.15, -0.1) is 0 Å². The molecule has 200 valence electrons. The summed E-state index contributed by atoms with van der Waals surface area (Å²) in [5, 5.41) is 13.7. The van der Waals surface area contributed by atoms with E-state index in [0.717, 1.165) is 50.0 Å². The maximum absolute atomic E-state index is 11.5. The molecule has 0 aliphatic carbocycles. The summed E-state index contributed by atoms with van der Waals surface area (Å²) in [7, 11) is 0. The lowest BCUT2D eigenvalue weighted by Gasteiger charge is -2.36. The second-order valence-corrected chi connectivity index (χ2v) is 10.6. The third-order valence-electron chi connectivity index (χ3n) is 7.12. The van der Waals surface area contributed by atoms with Crippen molar-refractivity contribution in [2.45, 2.75) is 80.2 Å². The molecular formula is C31H43N3O3. The van der Waals surface area contributed by atoms with Gasteiger partial charge in [-0.2, -0.15) is 4.98 Å². The molecule has 1 saturated heterocycles. The van der Waals surface area contributed by atoms with Crippen molar-refractivity contribution >= 4 is 5.97 Å². The van der Waals surface area contributed by atoms with Crippen LogP contribution >= 0.6 is 0 Å². The molecule has 6 heteroatoms. The Labute approximate surface area is 222 Å². The number of rotatable bonds is 9. The topological polar surface area (TPSA) is 79.5 Å². The van der Waals surface area contributed by atoms with Crippen LogP contribution in [0.15, 0.2) is 47.0 Å². The summed E-state index contributed by atoms with van der Waals surface area (Å²) in [4.78, 5) is 18.5. The van der Waals surface area contributed by atoms with Gasteiger partial charge < -0.3 is 9.63 Å². The molecule has 1 aliphatic heterocycles. The maximum Gasteiger partial charge on any atom is 0.309 e. The van der Waals surface area contributed by atoms with Crippen LogP contribution in [0, 0.1) is 11.3 Å². The molecule has 1 fully saturated rings. The lowest BCUT2D eigenvalue weighted by Crippen LogP contribution is -2.42. The number of aryl methyl sites for hydroxylation is 1. The van der Waals surface area contributed by atoms with E-state index in [-0.39, 0.29) is 0 Å². The number of likely N-dealkylation sites (tertiary alicyclic amines) is 1. The molecule has 0 spiro atoms. The highest BCUT2D eigenvalue weighted by Gasteiger charge is 2.36. The van der Waals surface area contributed by atoms with Crippen LogP contribution in [0.4, 0.5) is 0 Å². The molecule has 0 unspecified atom stereocenters. The van der Waals surface area contributed by atoms with Crippen LogP contribution in [0.3, 0.4) is 0 Å². The van der Waals surface area contributed by atoms with Crippen LogP contribution in [0.25, 0.3) is 22.8 Å². The molecule has 0 radical (unpaired) electrons. The van der Waals surface area contributed by atoms with Crippen molar-refractivity contribution in [3.05, 3.63) is 59.2 Å². The number of hydrogen-bond donors (Lipinski definition) is 1. The first kappa shape index (κ1) is 28.6. The fourth-order valence-corrected chi connectivity index (χ4v) is 4.79. The first-order valence-electron chi connectivity index (χ1n) is 13.8. The van der Waals surface area contributed by atoms with Crippen molar-refractivity contribution in [2.24, 2.45) is 11.3 Å². The van der Waals surface area contributed by atoms with Crippen molar-refractivity contribution < 1.29 is 14.4 Å². The smallest absolute Gasteiger partial charge is 0.309 e. The number of hydrogen-bond acceptors (Lipinski definition) is 5. The Morgan fingerprint density at radius 1 is 1.05 bits per heavy atom. The van der Waals surface area contributed by atoms with Gasteiger partial charge in [0.25, 0.3) is 5.89 Å². The largest absolute Gasteiger partial charge is 0.481 e. The first-order chi connectivity index (χ1) is 17.8. The summed E-state index contributed by atoms with van der Waals surface area (Å²) in [6, 6.07) is 14.7. The summed E-state index contributed by atoms with van der Waals surface area (Å²) in [6.45, 7) is 15.0. The molecule has 1 N–H and O–H groups in total. The zero-order valence-electron chi connectivity index (χ0n) is 23.4. The zero-order chi connectivity index (χ0) is 27.0. The van der Waals surface area contributed by atoms with E-state index in [4.69, 9.17) is 4.52 Å².